The predicted molar refractivity (Wildman–Crippen MR) is 131 cm³/mol. The molecule has 170 valence electrons. The van der Waals surface area contributed by atoms with Crippen molar-refractivity contribution in [1.82, 2.24) is 20.3 Å². The summed E-state index contributed by atoms with van der Waals surface area (Å²) in [7, 11) is 5.02. The highest BCUT2D eigenvalue weighted by molar-refractivity contribution is 6.57. The van der Waals surface area contributed by atoms with Crippen molar-refractivity contribution in [3.63, 3.8) is 0 Å². The van der Waals surface area contributed by atoms with Gasteiger partial charge in [0.2, 0.25) is 5.91 Å². The van der Waals surface area contributed by atoms with Crippen molar-refractivity contribution in [1.29, 1.82) is 0 Å². The monoisotopic (exact) mass is 455 g/mol. The molecule has 4 rings (SSSR count). The number of pyridine rings is 2. The molecule has 0 spiro atoms. The second kappa shape index (κ2) is 10.7. The lowest BCUT2D eigenvalue weighted by Gasteiger charge is -2.06. The van der Waals surface area contributed by atoms with Gasteiger partial charge in [-0.25, -0.2) is 9.37 Å². The number of H-pyrrole nitrogens is 1. The number of carbonyl (C=O) groups excluding carboxylic acids is 2. The second-order valence-electron chi connectivity index (χ2n) is 7.86. The lowest BCUT2D eigenvalue weighted by Crippen LogP contribution is -2.22. The number of hydrogen-bond acceptors (Lipinski definition) is 4. The normalized spacial score (nSPS) is 10.9. The molecule has 0 fully saturated rings. The Hall–Kier alpha value is -4.01. The Kier molecular flexibility index (Phi) is 7.32. The maximum atomic E-state index is 13.5. The first-order valence-electron chi connectivity index (χ1n) is 11.0. The zero-order valence-electron chi connectivity index (χ0n) is 18.5. The molecule has 4 aromatic rings. The SMILES string of the molecule is [B]C(=O)NCCCCCC(=O)Nc1ccc2c(-c3ccncc3)c(-c3ccc(F)cc3)[nH]c2n1. The number of amides is 2. The van der Waals surface area contributed by atoms with Gasteiger partial charge < -0.3 is 15.6 Å². The first-order valence-corrected chi connectivity index (χ1v) is 11.0. The van der Waals surface area contributed by atoms with Crippen molar-refractivity contribution in [2.45, 2.75) is 25.7 Å². The second-order valence-corrected chi connectivity index (χ2v) is 7.86. The molecule has 9 heteroatoms. The highest BCUT2D eigenvalue weighted by Crippen LogP contribution is 2.38. The van der Waals surface area contributed by atoms with E-state index in [1.54, 1.807) is 30.6 Å². The van der Waals surface area contributed by atoms with Crippen molar-refractivity contribution in [3.8, 4) is 22.4 Å². The number of nitrogens with one attached hydrogen (secondary N) is 3. The third kappa shape index (κ3) is 5.67. The number of unbranched alkanes of at least 4 members (excludes halogenated alkanes) is 2. The molecule has 0 aliphatic rings. The number of fused-ring (bicyclic) bond motifs is 1. The molecule has 3 heterocycles. The first kappa shape index (κ1) is 23.2. The molecular weight excluding hydrogens is 432 g/mol. The summed E-state index contributed by atoms with van der Waals surface area (Å²) in [5.41, 5.74) is 4.12. The van der Waals surface area contributed by atoms with Crippen LogP contribution in [0.25, 0.3) is 33.4 Å². The Morgan fingerprint density at radius 1 is 0.941 bits per heavy atom. The van der Waals surface area contributed by atoms with Crippen molar-refractivity contribution in [3.05, 3.63) is 66.7 Å². The molecule has 0 bridgehead atoms. The third-order valence-corrected chi connectivity index (χ3v) is 5.41. The zero-order valence-corrected chi connectivity index (χ0v) is 18.5. The minimum atomic E-state index is -0.543. The highest BCUT2D eigenvalue weighted by atomic mass is 19.1. The van der Waals surface area contributed by atoms with Crippen LogP contribution in [0, 0.1) is 5.82 Å². The van der Waals surface area contributed by atoms with E-state index < -0.39 is 5.81 Å². The van der Waals surface area contributed by atoms with Gasteiger partial charge in [0.25, 0.3) is 0 Å². The quantitative estimate of drug-likeness (QED) is 0.249. The van der Waals surface area contributed by atoms with E-state index in [0.717, 1.165) is 40.6 Å². The summed E-state index contributed by atoms with van der Waals surface area (Å²) in [6.45, 7) is 0.498. The van der Waals surface area contributed by atoms with Crippen LogP contribution in [0.4, 0.5) is 15.0 Å². The zero-order chi connectivity index (χ0) is 23.9. The summed E-state index contributed by atoms with van der Waals surface area (Å²) in [5.74, 6) is -0.536. The Morgan fingerprint density at radius 2 is 1.71 bits per heavy atom. The van der Waals surface area contributed by atoms with Gasteiger partial charge in [-0.05, 0) is 72.5 Å². The molecule has 0 saturated carbocycles. The maximum absolute atomic E-state index is 13.5. The van der Waals surface area contributed by atoms with E-state index in [1.165, 1.54) is 12.1 Å². The summed E-state index contributed by atoms with van der Waals surface area (Å²) in [4.78, 5) is 35.0. The third-order valence-electron chi connectivity index (χ3n) is 5.41. The van der Waals surface area contributed by atoms with E-state index in [0.29, 0.717) is 30.9 Å². The summed E-state index contributed by atoms with van der Waals surface area (Å²) in [6.07, 6.45) is 6.03. The van der Waals surface area contributed by atoms with E-state index in [2.05, 4.69) is 25.6 Å². The van der Waals surface area contributed by atoms with Crippen LogP contribution in [0.1, 0.15) is 25.7 Å². The van der Waals surface area contributed by atoms with Crippen LogP contribution in [0.5, 0.6) is 0 Å². The molecule has 7 nitrogen and oxygen atoms in total. The fourth-order valence-corrected chi connectivity index (χ4v) is 3.80. The smallest absolute Gasteiger partial charge is 0.225 e. The fourth-order valence-electron chi connectivity index (χ4n) is 3.80. The van der Waals surface area contributed by atoms with Gasteiger partial charge in [-0.1, -0.05) is 6.42 Å². The van der Waals surface area contributed by atoms with Crippen molar-refractivity contribution < 1.29 is 14.0 Å². The summed E-state index contributed by atoms with van der Waals surface area (Å²) >= 11 is 0. The number of anilines is 1. The number of benzene rings is 1. The van der Waals surface area contributed by atoms with Gasteiger partial charge in [-0.2, -0.15) is 0 Å². The van der Waals surface area contributed by atoms with E-state index >= 15 is 0 Å². The van der Waals surface area contributed by atoms with Crippen LogP contribution >= 0.6 is 0 Å². The van der Waals surface area contributed by atoms with E-state index in [-0.39, 0.29) is 11.7 Å². The highest BCUT2D eigenvalue weighted by Gasteiger charge is 2.17. The topological polar surface area (TPSA) is 99.8 Å². The number of aromatic amines is 1. The van der Waals surface area contributed by atoms with Crippen LogP contribution in [-0.2, 0) is 4.79 Å². The number of hydrogen-bond donors (Lipinski definition) is 3. The summed E-state index contributed by atoms with van der Waals surface area (Å²) in [6, 6.07) is 13.8. The van der Waals surface area contributed by atoms with Crippen LogP contribution in [-0.4, -0.2) is 41.1 Å². The van der Waals surface area contributed by atoms with Gasteiger partial charge in [-0.15, -0.1) is 0 Å². The molecule has 0 aliphatic heterocycles. The van der Waals surface area contributed by atoms with Gasteiger partial charge in [-0.3, -0.25) is 14.6 Å². The van der Waals surface area contributed by atoms with Gasteiger partial charge in [0.1, 0.15) is 17.3 Å². The predicted octanol–water partition coefficient (Wildman–Crippen LogP) is 4.81. The van der Waals surface area contributed by atoms with Crippen molar-refractivity contribution in [2.75, 3.05) is 11.9 Å². The summed E-state index contributed by atoms with van der Waals surface area (Å²) in [5, 5.41) is 6.25. The Morgan fingerprint density at radius 3 is 2.44 bits per heavy atom. The van der Waals surface area contributed by atoms with Crippen LogP contribution in [0.2, 0.25) is 0 Å². The fraction of sp³-hybridized carbons (Fsp3) is 0.200. The number of aromatic nitrogens is 3. The van der Waals surface area contributed by atoms with Crippen LogP contribution in [0.3, 0.4) is 0 Å². The Balaban J connectivity index is 1.53. The lowest BCUT2D eigenvalue weighted by molar-refractivity contribution is -0.116. The molecule has 34 heavy (non-hydrogen) atoms. The van der Waals surface area contributed by atoms with Gasteiger partial charge >= 0.3 is 0 Å². The molecule has 2 amide bonds. The number of rotatable bonds is 9. The molecule has 0 aliphatic carbocycles. The Labute approximate surface area is 197 Å². The minimum absolute atomic E-state index is 0.130. The number of halogens is 1. The van der Waals surface area contributed by atoms with Crippen molar-refractivity contribution in [2.24, 2.45) is 0 Å². The average Bonchev–Trinajstić information content (AvgIpc) is 3.21. The van der Waals surface area contributed by atoms with E-state index in [9.17, 15) is 14.0 Å². The van der Waals surface area contributed by atoms with Crippen LogP contribution < -0.4 is 10.6 Å². The maximum Gasteiger partial charge on any atom is 0.225 e. The molecule has 3 aromatic heterocycles. The van der Waals surface area contributed by atoms with Gasteiger partial charge in [0, 0.05) is 36.3 Å². The molecular formula is C25H23BFN5O2. The van der Waals surface area contributed by atoms with Gasteiger partial charge in [0.05, 0.1) is 5.69 Å². The first-order chi connectivity index (χ1) is 16.5. The van der Waals surface area contributed by atoms with Crippen LogP contribution in [0.15, 0.2) is 60.9 Å². The minimum Gasteiger partial charge on any atom is -0.366 e. The number of nitrogens with zero attached hydrogens (tertiary/aromatic N) is 2. The lowest BCUT2D eigenvalue weighted by atomic mass is 10.00. The van der Waals surface area contributed by atoms with E-state index in [4.69, 9.17) is 7.85 Å². The summed E-state index contributed by atoms with van der Waals surface area (Å²) < 4.78 is 13.5. The van der Waals surface area contributed by atoms with Crippen molar-refractivity contribution >= 4 is 36.4 Å². The Bertz CT molecular complexity index is 1290. The molecule has 0 atom stereocenters. The molecule has 2 radical (unpaired) electrons. The largest absolute Gasteiger partial charge is 0.366 e. The standard InChI is InChI=1S/C25H23BFN5O2/c26-25(34)29-13-3-1-2-4-21(33)30-20-10-9-19-22(16-11-14-28-15-12-16)23(32-24(19)31-20)17-5-7-18(27)8-6-17/h5-12,14-15H,1-4,13H2,(H,29,34)(H2,30,31,32,33). The molecule has 0 unspecified atom stereocenters. The number of carbonyl (C=O) groups is 2. The average molecular weight is 455 g/mol. The molecule has 0 saturated heterocycles. The van der Waals surface area contributed by atoms with E-state index in [1.807, 2.05) is 18.2 Å². The van der Waals surface area contributed by atoms with Gasteiger partial charge in [0.15, 0.2) is 13.7 Å². The molecule has 3 N–H and O–H groups in total. The molecule has 1 aromatic carbocycles.